The van der Waals surface area contributed by atoms with Gasteiger partial charge < -0.3 is 20.3 Å². The molecule has 0 aliphatic heterocycles. The predicted octanol–water partition coefficient (Wildman–Crippen LogP) is -0.380. The highest BCUT2D eigenvalue weighted by Crippen LogP contribution is 2.41. The van der Waals surface area contributed by atoms with Gasteiger partial charge in [0.2, 0.25) is 0 Å². The summed E-state index contributed by atoms with van der Waals surface area (Å²) in [5.41, 5.74) is 5.24. The zero-order valence-corrected chi connectivity index (χ0v) is 7.53. The second kappa shape index (κ2) is 4.57. The third kappa shape index (κ3) is 5.26. The van der Waals surface area contributed by atoms with Crippen LogP contribution in [0.4, 0.5) is 0 Å². The lowest BCUT2D eigenvalue weighted by Gasteiger charge is -2.12. The van der Waals surface area contributed by atoms with Crippen molar-refractivity contribution >= 4 is 13.6 Å². The third-order valence-corrected chi connectivity index (χ3v) is 2.69. The van der Waals surface area contributed by atoms with E-state index in [0.29, 0.717) is 0 Å². The van der Waals surface area contributed by atoms with Crippen LogP contribution in [0.15, 0.2) is 0 Å². The number of nitrogens with two attached hydrogens (primary N) is 1. The van der Waals surface area contributed by atoms with Crippen molar-refractivity contribution in [3.8, 4) is 0 Å². The Morgan fingerprint density at radius 1 is 1.75 bits per heavy atom. The number of hydrogen-bond donors (Lipinski definition) is 3. The molecule has 0 aromatic heterocycles. The van der Waals surface area contributed by atoms with E-state index in [1.54, 1.807) is 0 Å². The quantitative estimate of drug-likeness (QED) is 0.518. The fraction of sp³-hybridized carbons (Fsp3) is 0.800. The normalized spacial score (nSPS) is 18.2. The lowest BCUT2D eigenvalue weighted by molar-refractivity contribution is -0.137. The van der Waals surface area contributed by atoms with Gasteiger partial charge in [-0.15, -0.1) is 0 Å². The van der Waals surface area contributed by atoms with Crippen molar-refractivity contribution in [1.82, 2.24) is 0 Å². The summed E-state index contributed by atoms with van der Waals surface area (Å²) in [5, 5.41) is 8.26. The van der Waals surface area contributed by atoms with E-state index in [0.717, 1.165) is 7.11 Å². The summed E-state index contributed by atoms with van der Waals surface area (Å²) in [6.07, 6.45) is -0.677. The average molecular weight is 197 g/mol. The molecule has 0 rings (SSSR count). The zero-order valence-electron chi connectivity index (χ0n) is 6.64. The van der Waals surface area contributed by atoms with Gasteiger partial charge in [-0.25, -0.2) is 0 Å². The number of carboxylic acids is 1. The first-order valence-corrected chi connectivity index (χ1v) is 4.98. The Kier molecular flexibility index (Phi) is 4.41. The summed E-state index contributed by atoms with van der Waals surface area (Å²) in [5.74, 6) is -1.10. The van der Waals surface area contributed by atoms with Crippen molar-refractivity contribution in [3.63, 3.8) is 0 Å². The van der Waals surface area contributed by atoms with Gasteiger partial charge in [0, 0.05) is 13.2 Å². The van der Waals surface area contributed by atoms with Crippen molar-refractivity contribution in [2.45, 2.75) is 12.5 Å². The molecule has 0 saturated heterocycles. The number of carbonyl (C=O) groups is 1. The van der Waals surface area contributed by atoms with Gasteiger partial charge in [0.1, 0.15) is 0 Å². The van der Waals surface area contributed by atoms with Gasteiger partial charge in [0.05, 0.1) is 12.6 Å². The summed E-state index contributed by atoms with van der Waals surface area (Å²) in [4.78, 5) is 19.0. The molecule has 0 aliphatic carbocycles. The Balaban J connectivity index is 3.92. The smallest absolute Gasteiger partial charge is 0.329 e. The molecule has 0 amide bonds. The first-order valence-electron chi connectivity index (χ1n) is 3.22. The van der Waals surface area contributed by atoms with Crippen molar-refractivity contribution in [3.05, 3.63) is 0 Å². The van der Waals surface area contributed by atoms with Crippen molar-refractivity contribution in [2.24, 2.45) is 5.73 Å². The summed E-state index contributed by atoms with van der Waals surface area (Å²) in [6, 6.07) is -0.849. The Hall–Kier alpha value is -0.420. The minimum Gasteiger partial charge on any atom is -0.481 e. The summed E-state index contributed by atoms with van der Waals surface area (Å²) >= 11 is 0. The average Bonchev–Trinajstić information content (AvgIpc) is 1.84. The van der Waals surface area contributed by atoms with E-state index in [1.165, 1.54) is 0 Å². The molecule has 1 unspecified atom stereocenters. The van der Waals surface area contributed by atoms with E-state index in [4.69, 9.17) is 15.7 Å². The topological polar surface area (TPSA) is 110 Å². The molecule has 0 aromatic carbocycles. The van der Waals surface area contributed by atoms with E-state index in [9.17, 15) is 9.36 Å². The van der Waals surface area contributed by atoms with Crippen molar-refractivity contribution in [2.75, 3.05) is 13.3 Å². The van der Waals surface area contributed by atoms with Crippen LogP contribution in [0, 0.1) is 0 Å². The molecule has 0 spiro atoms. The summed E-state index contributed by atoms with van der Waals surface area (Å²) in [7, 11) is -2.60. The molecule has 72 valence electrons. The van der Waals surface area contributed by atoms with Crippen LogP contribution in [-0.4, -0.2) is 35.3 Å². The lowest BCUT2D eigenvalue weighted by Crippen LogP contribution is -2.27. The van der Waals surface area contributed by atoms with E-state index >= 15 is 0 Å². The molecule has 0 aromatic rings. The first kappa shape index (κ1) is 11.6. The molecule has 0 fully saturated rings. The number of hydrogen-bond acceptors (Lipinski definition) is 4. The monoisotopic (exact) mass is 197 g/mol. The molecule has 0 radical (unpaired) electrons. The van der Waals surface area contributed by atoms with Crippen molar-refractivity contribution in [1.29, 1.82) is 0 Å². The minimum atomic E-state index is -3.67. The number of carboxylic acid groups (broad SMARTS) is 1. The highest BCUT2D eigenvalue weighted by atomic mass is 31.2. The maximum atomic E-state index is 10.8. The molecule has 7 heteroatoms. The molecule has 0 heterocycles. The molecule has 0 saturated carbocycles. The summed E-state index contributed by atoms with van der Waals surface area (Å²) < 4.78 is 15.1. The van der Waals surface area contributed by atoms with Crippen LogP contribution in [0.5, 0.6) is 0 Å². The lowest BCUT2D eigenvalue weighted by atomic mass is 10.2. The Morgan fingerprint density at radius 3 is 2.58 bits per heavy atom. The first-order chi connectivity index (χ1) is 5.37. The van der Waals surface area contributed by atoms with Gasteiger partial charge >= 0.3 is 13.6 Å². The van der Waals surface area contributed by atoms with E-state index in [2.05, 4.69) is 4.52 Å². The Bertz CT molecular complexity index is 206. The number of aliphatic carboxylic acids is 1. The Morgan fingerprint density at radius 2 is 2.25 bits per heavy atom. The molecule has 2 atom stereocenters. The maximum absolute atomic E-state index is 10.8. The fourth-order valence-corrected chi connectivity index (χ4v) is 1.53. The van der Waals surface area contributed by atoms with E-state index < -0.39 is 19.6 Å². The molecular weight excluding hydrogens is 185 g/mol. The Labute approximate surface area is 69.9 Å². The van der Waals surface area contributed by atoms with E-state index in [-0.39, 0.29) is 12.6 Å². The van der Waals surface area contributed by atoms with Gasteiger partial charge in [-0.05, 0) is 0 Å². The van der Waals surface area contributed by atoms with Gasteiger partial charge in [-0.1, -0.05) is 0 Å². The standard InChI is InChI=1S/C5H12NO5P/c1-11-12(9,10)3-4(6)2-5(7)8/h4H,2-3,6H2,1H3,(H,7,8)(H,9,10)/t4-/m0/s1. The molecular formula is C5H12NO5P. The minimum absolute atomic E-state index is 0.338. The highest BCUT2D eigenvalue weighted by Gasteiger charge is 2.22. The van der Waals surface area contributed by atoms with Crippen LogP contribution in [0.1, 0.15) is 6.42 Å². The largest absolute Gasteiger partial charge is 0.481 e. The van der Waals surface area contributed by atoms with Gasteiger partial charge in [0.25, 0.3) is 0 Å². The summed E-state index contributed by atoms with van der Waals surface area (Å²) in [6.45, 7) is 0. The van der Waals surface area contributed by atoms with Gasteiger partial charge in [0.15, 0.2) is 0 Å². The van der Waals surface area contributed by atoms with Gasteiger partial charge in [-0.3, -0.25) is 9.36 Å². The fourth-order valence-electron chi connectivity index (χ4n) is 0.660. The second-order valence-electron chi connectivity index (χ2n) is 2.36. The van der Waals surface area contributed by atoms with Crippen LogP contribution in [-0.2, 0) is 13.9 Å². The van der Waals surface area contributed by atoms with E-state index in [1.807, 2.05) is 0 Å². The molecule has 6 nitrogen and oxygen atoms in total. The van der Waals surface area contributed by atoms with Gasteiger partial charge in [-0.2, -0.15) is 0 Å². The zero-order chi connectivity index (χ0) is 9.78. The maximum Gasteiger partial charge on any atom is 0.329 e. The molecule has 0 bridgehead atoms. The third-order valence-electron chi connectivity index (χ3n) is 1.19. The van der Waals surface area contributed by atoms with Crippen LogP contribution < -0.4 is 5.73 Å². The number of rotatable bonds is 5. The van der Waals surface area contributed by atoms with Crippen LogP contribution in [0.3, 0.4) is 0 Å². The second-order valence-corrected chi connectivity index (χ2v) is 4.37. The predicted molar refractivity (Wildman–Crippen MR) is 41.9 cm³/mol. The van der Waals surface area contributed by atoms with Crippen LogP contribution in [0.25, 0.3) is 0 Å². The molecule has 12 heavy (non-hydrogen) atoms. The molecule has 0 aliphatic rings. The van der Waals surface area contributed by atoms with Crippen molar-refractivity contribution < 1.29 is 23.9 Å². The molecule has 4 N–H and O–H groups in total. The van der Waals surface area contributed by atoms with Crippen LogP contribution in [0.2, 0.25) is 0 Å². The highest BCUT2D eigenvalue weighted by molar-refractivity contribution is 7.52. The van der Waals surface area contributed by atoms with Crippen LogP contribution >= 0.6 is 7.60 Å². The SMILES string of the molecule is COP(=O)(O)C[C@@H](N)CC(=O)O.